The molecule has 4 rings (SSSR count). The summed E-state index contributed by atoms with van der Waals surface area (Å²) in [5, 5.41) is 2.98. The normalized spacial score (nSPS) is 16.7. The Balaban J connectivity index is 1.33. The van der Waals surface area contributed by atoms with Crippen molar-refractivity contribution in [2.45, 2.75) is 13.1 Å². The van der Waals surface area contributed by atoms with Gasteiger partial charge in [0.15, 0.2) is 11.5 Å². The van der Waals surface area contributed by atoms with E-state index in [1.54, 1.807) is 12.2 Å². The number of rotatable bonds is 6. The van der Waals surface area contributed by atoms with Crippen molar-refractivity contribution in [2.75, 3.05) is 39.5 Å². The van der Waals surface area contributed by atoms with Crippen molar-refractivity contribution >= 4 is 12.0 Å². The molecule has 2 aliphatic heterocycles. The van der Waals surface area contributed by atoms with E-state index in [9.17, 15) is 4.79 Å². The van der Waals surface area contributed by atoms with Gasteiger partial charge in [-0.05, 0) is 34.9 Å². The van der Waals surface area contributed by atoms with Gasteiger partial charge in [0.1, 0.15) is 13.2 Å². The summed E-state index contributed by atoms with van der Waals surface area (Å²) in [7, 11) is 0. The summed E-state index contributed by atoms with van der Waals surface area (Å²) in [6, 6.07) is 13.9. The maximum absolute atomic E-state index is 12.3. The number of carbonyl (C=O) groups excluding carboxylic acids is 1. The molecule has 6 nitrogen and oxygen atoms in total. The molecule has 2 aliphatic rings. The maximum atomic E-state index is 12.3. The van der Waals surface area contributed by atoms with Crippen LogP contribution in [0, 0.1) is 0 Å². The molecule has 2 heterocycles. The molecule has 1 N–H and O–H groups in total. The Kier molecular flexibility index (Phi) is 6.44. The van der Waals surface area contributed by atoms with Crippen molar-refractivity contribution in [3.63, 3.8) is 0 Å². The highest BCUT2D eigenvalue weighted by molar-refractivity contribution is 5.91. The van der Waals surface area contributed by atoms with Gasteiger partial charge in [0.25, 0.3) is 0 Å². The molecule has 0 spiro atoms. The van der Waals surface area contributed by atoms with E-state index >= 15 is 0 Å². The lowest BCUT2D eigenvalue weighted by Crippen LogP contribution is -2.36. The minimum atomic E-state index is -0.124. The molecule has 152 valence electrons. The molecule has 0 saturated carbocycles. The van der Waals surface area contributed by atoms with Gasteiger partial charge in [0.2, 0.25) is 5.91 Å². The van der Waals surface area contributed by atoms with Crippen LogP contribution in [0.5, 0.6) is 11.5 Å². The molecule has 1 saturated heterocycles. The predicted molar refractivity (Wildman–Crippen MR) is 111 cm³/mol. The molecule has 0 bridgehead atoms. The smallest absolute Gasteiger partial charge is 0.244 e. The average molecular weight is 394 g/mol. The van der Waals surface area contributed by atoms with Crippen LogP contribution < -0.4 is 14.8 Å². The number of fused-ring (bicyclic) bond motifs is 1. The second-order valence-electron chi connectivity index (χ2n) is 7.11. The predicted octanol–water partition coefficient (Wildman–Crippen LogP) is 2.62. The van der Waals surface area contributed by atoms with Crippen molar-refractivity contribution in [2.24, 2.45) is 0 Å². The van der Waals surface area contributed by atoms with Gasteiger partial charge >= 0.3 is 0 Å². The van der Waals surface area contributed by atoms with Crippen LogP contribution in [0.15, 0.2) is 48.5 Å². The highest BCUT2D eigenvalue weighted by Gasteiger charge is 2.13. The Morgan fingerprint density at radius 3 is 2.55 bits per heavy atom. The van der Waals surface area contributed by atoms with Crippen LogP contribution in [-0.2, 0) is 22.6 Å². The minimum Gasteiger partial charge on any atom is -0.486 e. The molecule has 1 amide bonds. The van der Waals surface area contributed by atoms with Gasteiger partial charge in [0, 0.05) is 32.3 Å². The fourth-order valence-electron chi connectivity index (χ4n) is 3.46. The molecular formula is C23H26N2O4. The van der Waals surface area contributed by atoms with E-state index in [-0.39, 0.29) is 5.91 Å². The third kappa shape index (κ3) is 5.37. The molecule has 6 heteroatoms. The largest absolute Gasteiger partial charge is 0.486 e. The highest BCUT2D eigenvalue weighted by Crippen LogP contribution is 2.31. The first kappa shape index (κ1) is 19.5. The van der Waals surface area contributed by atoms with Crippen LogP contribution in [0.1, 0.15) is 16.7 Å². The van der Waals surface area contributed by atoms with Crippen molar-refractivity contribution < 1.29 is 19.0 Å². The summed E-state index contributed by atoms with van der Waals surface area (Å²) in [6.07, 6.45) is 3.34. The van der Waals surface area contributed by atoms with Crippen LogP contribution in [-0.4, -0.2) is 50.3 Å². The van der Waals surface area contributed by atoms with Gasteiger partial charge in [-0.1, -0.05) is 30.3 Å². The Labute approximate surface area is 171 Å². The molecule has 0 unspecified atom stereocenters. The molecule has 2 aromatic carbocycles. The molecule has 0 aromatic heterocycles. The lowest BCUT2D eigenvalue weighted by molar-refractivity contribution is -0.116. The van der Waals surface area contributed by atoms with Crippen LogP contribution in [0.2, 0.25) is 0 Å². The van der Waals surface area contributed by atoms with Gasteiger partial charge in [-0.2, -0.15) is 0 Å². The number of amides is 1. The number of ether oxygens (including phenoxy) is 3. The van der Waals surface area contributed by atoms with Crippen molar-refractivity contribution in [1.29, 1.82) is 0 Å². The summed E-state index contributed by atoms with van der Waals surface area (Å²) in [5.41, 5.74) is 3.28. The van der Waals surface area contributed by atoms with Crippen molar-refractivity contribution in [1.82, 2.24) is 10.2 Å². The zero-order valence-electron chi connectivity index (χ0n) is 16.4. The summed E-state index contributed by atoms with van der Waals surface area (Å²) >= 11 is 0. The molecule has 29 heavy (non-hydrogen) atoms. The van der Waals surface area contributed by atoms with Crippen LogP contribution in [0.25, 0.3) is 6.08 Å². The molecule has 0 aliphatic carbocycles. The first-order chi connectivity index (χ1) is 14.3. The molecular weight excluding hydrogens is 368 g/mol. The van der Waals surface area contributed by atoms with E-state index in [0.717, 1.165) is 55.5 Å². The second-order valence-corrected chi connectivity index (χ2v) is 7.11. The SMILES string of the molecule is O=C(/C=C/c1ccc2c(c1)OCCO2)NCc1ccccc1CN1CCOCC1. The molecule has 0 radical (unpaired) electrons. The first-order valence-electron chi connectivity index (χ1n) is 10.0. The minimum absolute atomic E-state index is 0.124. The number of hydrogen-bond acceptors (Lipinski definition) is 5. The molecule has 0 atom stereocenters. The van der Waals surface area contributed by atoms with Gasteiger partial charge in [-0.15, -0.1) is 0 Å². The zero-order valence-corrected chi connectivity index (χ0v) is 16.4. The zero-order chi connectivity index (χ0) is 19.9. The van der Waals surface area contributed by atoms with E-state index in [0.29, 0.717) is 19.8 Å². The summed E-state index contributed by atoms with van der Waals surface area (Å²) in [6.45, 7) is 5.94. The Hall–Kier alpha value is -2.83. The summed E-state index contributed by atoms with van der Waals surface area (Å²) < 4.78 is 16.5. The van der Waals surface area contributed by atoms with Crippen LogP contribution in [0.4, 0.5) is 0 Å². The molecule has 2 aromatic rings. The van der Waals surface area contributed by atoms with Crippen molar-refractivity contribution in [3.8, 4) is 11.5 Å². The fraction of sp³-hybridized carbons (Fsp3) is 0.348. The third-order valence-electron chi connectivity index (χ3n) is 5.06. The molecule has 1 fully saturated rings. The second kappa shape index (κ2) is 9.58. The van der Waals surface area contributed by atoms with E-state index in [2.05, 4.69) is 22.3 Å². The lowest BCUT2D eigenvalue weighted by atomic mass is 10.1. The lowest BCUT2D eigenvalue weighted by Gasteiger charge is -2.27. The van der Waals surface area contributed by atoms with E-state index in [1.165, 1.54) is 5.56 Å². The van der Waals surface area contributed by atoms with Gasteiger partial charge in [0.05, 0.1) is 13.2 Å². The van der Waals surface area contributed by atoms with Gasteiger partial charge in [-0.25, -0.2) is 0 Å². The fourth-order valence-corrected chi connectivity index (χ4v) is 3.46. The average Bonchev–Trinajstić information content (AvgIpc) is 2.77. The van der Waals surface area contributed by atoms with Gasteiger partial charge in [-0.3, -0.25) is 9.69 Å². The first-order valence-corrected chi connectivity index (χ1v) is 10.0. The van der Waals surface area contributed by atoms with Crippen molar-refractivity contribution in [3.05, 3.63) is 65.2 Å². The standard InChI is InChI=1S/C23H26N2O4/c26-23(8-6-18-5-7-21-22(15-18)29-14-13-28-21)24-16-19-3-1-2-4-20(19)17-25-9-11-27-12-10-25/h1-8,15H,9-14,16-17H2,(H,24,26)/b8-6+. The third-order valence-corrected chi connectivity index (χ3v) is 5.06. The van der Waals surface area contributed by atoms with E-state index < -0.39 is 0 Å². The number of benzene rings is 2. The van der Waals surface area contributed by atoms with Crippen LogP contribution in [0.3, 0.4) is 0 Å². The van der Waals surface area contributed by atoms with E-state index in [1.807, 2.05) is 30.3 Å². The number of carbonyl (C=O) groups is 1. The Bertz CT molecular complexity index is 875. The number of hydrogen-bond donors (Lipinski definition) is 1. The van der Waals surface area contributed by atoms with Gasteiger partial charge < -0.3 is 19.5 Å². The van der Waals surface area contributed by atoms with E-state index in [4.69, 9.17) is 14.2 Å². The Morgan fingerprint density at radius 1 is 0.966 bits per heavy atom. The van der Waals surface area contributed by atoms with Crippen LogP contribution >= 0.6 is 0 Å². The highest BCUT2D eigenvalue weighted by atomic mass is 16.6. The number of nitrogens with one attached hydrogen (secondary N) is 1. The number of nitrogens with zero attached hydrogens (tertiary/aromatic N) is 1. The number of morpholine rings is 1. The maximum Gasteiger partial charge on any atom is 0.244 e. The monoisotopic (exact) mass is 394 g/mol. The quantitative estimate of drug-likeness (QED) is 0.764. The summed E-state index contributed by atoms with van der Waals surface area (Å²) in [4.78, 5) is 14.7. The topological polar surface area (TPSA) is 60.0 Å². The Morgan fingerprint density at radius 2 is 1.72 bits per heavy atom. The summed E-state index contributed by atoms with van der Waals surface area (Å²) in [5.74, 6) is 1.34.